The lowest BCUT2D eigenvalue weighted by Gasteiger charge is -2.08. The Bertz CT molecular complexity index is 542. The molecule has 0 saturated heterocycles. The van der Waals surface area contributed by atoms with E-state index < -0.39 is 5.82 Å². The maximum absolute atomic E-state index is 14.0. The van der Waals surface area contributed by atoms with Crippen molar-refractivity contribution in [3.05, 3.63) is 33.9 Å². The molecule has 1 aromatic heterocycles. The fourth-order valence-electron chi connectivity index (χ4n) is 1.55. The smallest absolute Gasteiger partial charge is 0.240 e. The van der Waals surface area contributed by atoms with E-state index in [2.05, 4.69) is 10.1 Å². The molecule has 0 aliphatic rings. The van der Waals surface area contributed by atoms with Gasteiger partial charge in [0.1, 0.15) is 0 Å². The minimum absolute atomic E-state index is 0.0437. The van der Waals surface area contributed by atoms with E-state index in [4.69, 9.17) is 21.9 Å². The predicted octanol–water partition coefficient (Wildman–Crippen LogP) is 2.60. The van der Waals surface area contributed by atoms with E-state index in [0.29, 0.717) is 0 Å². The largest absolute Gasteiger partial charge is 0.338 e. The number of hydrogen-bond acceptors (Lipinski definition) is 4. The number of nitrogens with two attached hydrogens (primary N) is 1. The molecule has 0 fully saturated rings. The van der Waals surface area contributed by atoms with Crippen LogP contribution in [0.3, 0.4) is 0 Å². The summed E-state index contributed by atoms with van der Waals surface area (Å²) >= 11 is 5.80. The SMILES string of the molecule is Cc1cc(Cl)c(F)c(-c2noc(CN)n2)c1C. The molecule has 0 spiro atoms. The second-order valence-electron chi connectivity index (χ2n) is 3.71. The van der Waals surface area contributed by atoms with E-state index in [0.717, 1.165) is 11.1 Å². The minimum Gasteiger partial charge on any atom is -0.338 e. The zero-order valence-corrected chi connectivity index (χ0v) is 10.2. The predicted molar refractivity (Wildman–Crippen MR) is 62.1 cm³/mol. The Morgan fingerprint density at radius 3 is 2.76 bits per heavy atom. The number of rotatable bonds is 2. The summed E-state index contributed by atoms with van der Waals surface area (Å²) in [6.45, 7) is 3.74. The summed E-state index contributed by atoms with van der Waals surface area (Å²) < 4.78 is 18.8. The molecule has 6 heteroatoms. The topological polar surface area (TPSA) is 64.9 Å². The van der Waals surface area contributed by atoms with Crippen molar-refractivity contribution in [3.8, 4) is 11.4 Å². The van der Waals surface area contributed by atoms with Crippen LogP contribution in [0.2, 0.25) is 5.02 Å². The second kappa shape index (κ2) is 4.43. The van der Waals surface area contributed by atoms with Crippen molar-refractivity contribution in [1.29, 1.82) is 0 Å². The molecule has 0 atom stereocenters. The molecule has 1 heterocycles. The summed E-state index contributed by atoms with van der Waals surface area (Å²) in [5, 5.41) is 3.74. The van der Waals surface area contributed by atoms with Crippen molar-refractivity contribution in [2.24, 2.45) is 5.73 Å². The quantitative estimate of drug-likeness (QED) is 0.896. The molecule has 2 aromatic rings. The lowest BCUT2D eigenvalue weighted by atomic mass is 10.0. The molecule has 0 aliphatic heterocycles. The Morgan fingerprint density at radius 2 is 2.18 bits per heavy atom. The first-order valence-corrected chi connectivity index (χ1v) is 5.40. The van der Waals surface area contributed by atoms with E-state index in [1.54, 1.807) is 13.0 Å². The first-order chi connectivity index (χ1) is 8.04. The first-order valence-electron chi connectivity index (χ1n) is 5.02. The fourth-order valence-corrected chi connectivity index (χ4v) is 1.81. The van der Waals surface area contributed by atoms with Crippen LogP contribution < -0.4 is 5.73 Å². The van der Waals surface area contributed by atoms with Crippen molar-refractivity contribution in [3.63, 3.8) is 0 Å². The van der Waals surface area contributed by atoms with Gasteiger partial charge in [0.15, 0.2) is 5.82 Å². The molecular formula is C11H11ClFN3O. The van der Waals surface area contributed by atoms with E-state index in [-0.39, 0.29) is 28.8 Å². The Kier molecular flexibility index (Phi) is 3.13. The zero-order valence-electron chi connectivity index (χ0n) is 9.42. The highest BCUT2D eigenvalue weighted by Gasteiger charge is 2.19. The Balaban J connectivity index is 2.65. The summed E-state index contributed by atoms with van der Waals surface area (Å²) in [5.74, 6) is -0.110. The van der Waals surface area contributed by atoms with Crippen molar-refractivity contribution in [1.82, 2.24) is 10.1 Å². The van der Waals surface area contributed by atoms with Crippen LogP contribution >= 0.6 is 11.6 Å². The van der Waals surface area contributed by atoms with Crippen LogP contribution in [0, 0.1) is 19.7 Å². The van der Waals surface area contributed by atoms with Crippen LogP contribution in [0.1, 0.15) is 17.0 Å². The maximum Gasteiger partial charge on any atom is 0.240 e. The van der Waals surface area contributed by atoms with Gasteiger partial charge in [0.25, 0.3) is 0 Å². The van der Waals surface area contributed by atoms with Crippen molar-refractivity contribution < 1.29 is 8.91 Å². The molecular weight excluding hydrogens is 245 g/mol. The van der Waals surface area contributed by atoms with E-state index in [1.807, 2.05) is 6.92 Å². The van der Waals surface area contributed by atoms with Crippen molar-refractivity contribution >= 4 is 11.6 Å². The number of nitrogens with zero attached hydrogens (tertiary/aromatic N) is 2. The highest BCUT2D eigenvalue weighted by atomic mass is 35.5. The highest BCUT2D eigenvalue weighted by Crippen LogP contribution is 2.31. The van der Waals surface area contributed by atoms with Crippen molar-refractivity contribution in [2.45, 2.75) is 20.4 Å². The maximum atomic E-state index is 14.0. The number of benzene rings is 1. The summed E-state index contributed by atoms with van der Waals surface area (Å²) in [6.07, 6.45) is 0. The molecule has 17 heavy (non-hydrogen) atoms. The lowest BCUT2D eigenvalue weighted by Crippen LogP contribution is -1.98. The van der Waals surface area contributed by atoms with Gasteiger partial charge in [0.05, 0.1) is 17.1 Å². The summed E-state index contributed by atoms with van der Waals surface area (Å²) in [7, 11) is 0. The van der Waals surface area contributed by atoms with Crippen LogP contribution in [0.25, 0.3) is 11.4 Å². The third kappa shape index (κ3) is 2.03. The van der Waals surface area contributed by atoms with Crippen LogP contribution in [0.15, 0.2) is 10.6 Å². The highest BCUT2D eigenvalue weighted by molar-refractivity contribution is 6.31. The zero-order chi connectivity index (χ0) is 12.6. The molecule has 0 radical (unpaired) electrons. The average Bonchev–Trinajstić information content (AvgIpc) is 2.75. The monoisotopic (exact) mass is 255 g/mol. The van der Waals surface area contributed by atoms with Gasteiger partial charge in [-0.1, -0.05) is 16.8 Å². The van der Waals surface area contributed by atoms with Crippen LogP contribution in [0.5, 0.6) is 0 Å². The van der Waals surface area contributed by atoms with Gasteiger partial charge in [-0.15, -0.1) is 0 Å². The standard InChI is InChI=1S/C11H11ClFN3O/c1-5-3-7(12)10(13)9(6(5)2)11-15-8(4-14)17-16-11/h3H,4,14H2,1-2H3. The van der Waals surface area contributed by atoms with Gasteiger partial charge < -0.3 is 10.3 Å². The second-order valence-corrected chi connectivity index (χ2v) is 4.11. The normalized spacial score (nSPS) is 10.9. The minimum atomic E-state index is -0.542. The van der Waals surface area contributed by atoms with Crippen LogP contribution in [-0.2, 0) is 6.54 Å². The molecule has 1 aromatic carbocycles. The molecule has 0 saturated carbocycles. The molecule has 2 rings (SSSR count). The fraction of sp³-hybridized carbons (Fsp3) is 0.273. The Morgan fingerprint density at radius 1 is 1.47 bits per heavy atom. The summed E-state index contributed by atoms with van der Waals surface area (Å²) in [6, 6.07) is 1.57. The number of halogens is 2. The van der Waals surface area contributed by atoms with Crippen LogP contribution in [-0.4, -0.2) is 10.1 Å². The molecule has 4 nitrogen and oxygen atoms in total. The van der Waals surface area contributed by atoms with Gasteiger partial charge in [-0.3, -0.25) is 0 Å². The lowest BCUT2D eigenvalue weighted by molar-refractivity contribution is 0.380. The summed E-state index contributed by atoms with van der Waals surface area (Å²) in [4.78, 5) is 4.00. The van der Waals surface area contributed by atoms with Crippen molar-refractivity contribution in [2.75, 3.05) is 0 Å². The van der Waals surface area contributed by atoms with Gasteiger partial charge in [-0.25, -0.2) is 4.39 Å². The third-order valence-electron chi connectivity index (χ3n) is 2.61. The van der Waals surface area contributed by atoms with Gasteiger partial charge in [-0.2, -0.15) is 4.98 Å². The first kappa shape index (κ1) is 12.0. The Hall–Kier alpha value is -1.46. The van der Waals surface area contributed by atoms with E-state index in [1.165, 1.54) is 0 Å². The molecule has 0 aliphatic carbocycles. The molecule has 0 amide bonds. The van der Waals surface area contributed by atoms with Gasteiger partial charge in [-0.05, 0) is 31.0 Å². The molecule has 0 bridgehead atoms. The van der Waals surface area contributed by atoms with Gasteiger partial charge in [0, 0.05) is 0 Å². The summed E-state index contributed by atoms with van der Waals surface area (Å²) in [5.41, 5.74) is 7.22. The number of aryl methyl sites for hydroxylation is 1. The Labute approximate surface area is 103 Å². The average molecular weight is 256 g/mol. The molecule has 0 unspecified atom stereocenters. The van der Waals surface area contributed by atoms with E-state index in [9.17, 15) is 4.39 Å². The molecule has 2 N–H and O–H groups in total. The molecule has 90 valence electrons. The number of hydrogen-bond donors (Lipinski definition) is 1. The number of aromatic nitrogens is 2. The van der Waals surface area contributed by atoms with Gasteiger partial charge >= 0.3 is 0 Å². The third-order valence-corrected chi connectivity index (χ3v) is 2.88. The van der Waals surface area contributed by atoms with E-state index >= 15 is 0 Å². The van der Waals surface area contributed by atoms with Gasteiger partial charge in [0.2, 0.25) is 11.7 Å². The van der Waals surface area contributed by atoms with Crippen LogP contribution in [0.4, 0.5) is 4.39 Å².